The first-order valence-electron chi connectivity index (χ1n) is 12.7. The van der Waals surface area contributed by atoms with Crippen LogP contribution in [-0.4, -0.2) is 59.4 Å². The summed E-state index contributed by atoms with van der Waals surface area (Å²) in [4.78, 5) is 42.9. The van der Waals surface area contributed by atoms with E-state index >= 15 is 0 Å². The monoisotopic (exact) mass is 511 g/mol. The number of piperazine rings is 1. The molecule has 0 radical (unpaired) electrons. The molecule has 0 saturated carbocycles. The van der Waals surface area contributed by atoms with Crippen LogP contribution in [0.1, 0.15) is 33.5 Å². The molecule has 1 amide bonds. The molecule has 0 aliphatic carbocycles. The van der Waals surface area contributed by atoms with Gasteiger partial charge in [0.2, 0.25) is 0 Å². The number of aromatic amines is 1. The van der Waals surface area contributed by atoms with E-state index in [1.807, 2.05) is 42.5 Å². The molecule has 0 atom stereocenters. The summed E-state index contributed by atoms with van der Waals surface area (Å²) in [5.74, 6) is -0.551. The fourth-order valence-electron chi connectivity index (χ4n) is 4.39. The molecule has 1 aliphatic rings. The van der Waals surface area contributed by atoms with E-state index in [2.05, 4.69) is 34.2 Å². The zero-order valence-corrected chi connectivity index (χ0v) is 21.0. The number of H-pyrrole nitrogens is 1. The number of Topliss-reactive ketones (excluding diaryl/α,β-unsaturated/α-hetero) is 1. The summed E-state index contributed by atoms with van der Waals surface area (Å²) in [5.41, 5.74) is 4.62. The lowest BCUT2D eigenvalue weighted by atomic mass is 10.1. The van der Waals surface area contributed by atoms with Gasteiger partial charge in [0.25, 0.3) is 0 Å². The summed E-state index contributed by atoms with van der Waals surface area (Å²) in [6.07, 6.45) is 4.14. The Morgan fingerprint density at radius 1 is 0.895 bits per heavy atom. The lowest BCUT2D eigenvalue weighted by molar-refractivity contribution is 0.0696. The molecule has 194 valence electrons. The fraction of sp³-hybridized carbons (Fsp3) is 0.233. The highest BCUT2D eigenvalue weighted by Gasteiger charge is 2.22. The number of fused-ring (bicyclic) bond motifs is 1. The van der Waals surface area contributed by atoms with Crippen molar-refractivity contribution in [3.63, 3.8) is 0 Å². The quantitative estimate of drug-likeness (QED) is 0.269. The first-order chi connectivity index (χ1) is 18.5. The van der Waals surface area contributed by atoms with Crippen LogP contribution in [0, 0.1) is 0 Å². The standard InChI is InChI=1S/C30H29N3O5/c34-27(25-12-13-26-28(20-25)38-29(35)31-26)14-15-32-16-18-33(19-17-32)30(36)37-21-24-10-8-23(9-11-24)7-6-22-4-2-1-3-5-22/h1-13,20H,14-19,21H2,(H,31,35)/b7-6+. The van der Waals surface area contributed by atoms with Crippen LogP contribution in [-0.2, 0) is 11.3 Å². The third-order valence-electron chi connectivity index (χ3n) is 6.64. The molecule has 1 fully saturated rings. The zero-order valence-electron chi connectivity index (χ0n) is 21.0. The van der Waals surface area contributed by atoms with E-state index in [0.717, 1.165) is 16.7 Å². The van der Waals surface area contributed by atoms with Gasteiger partial charge in [-0.1, -0.05) is 66.7 Å². The Morgan fingerprint density at radius 3 is 2.34 bits per heavy atom. The van der Waals surface area contributed by atoms with Crippen molar-refractivity contribution >= 4 is 35.1 Å². The molecule has 1 N–H and O–H groups in total. The van der Waals surface area contributed by atoms with E-state index in [0.29, 0.717) is 55.8 Å². The van der Waals surface area contributed by atoms with E-state index in [1.165, 1.54) is 0 Å². The molecule has 5 rings (SSSR count). The van der Waals surface area contributed by atoms with Crippen molar-refractivity contribution in [1.82, 2.24) is 14.8 Å². The Labute approximate surface area is 220 Å². The van der Waals surface area contributed by atoms with Gasteiger partial charge in [-0.15, -0.1) is 0 Å². The lowest BCUT2D eigenvalue weighted by Gasteiger charge is -2.33. The van der Waals surface area contributed by atoms with E-state index < -0.39 is 5.76 Å². The summed E-state index contributed by atoms with van der Waals surface area (Å²) in [7, 11) is 0. The predicted octanol–water partition coefficient (Wildman–Crippen LogP) is 4.82. The van der Waals surface area contributed by atoms with Crippen molar-refractivity contribution in [2.75, 3.05) is 32.7 Å². The first-order valence-corrected chi connectivity index (χ1v) is 12.7. The number of ether oxygens (including phenoxy) is 1. The normalized spacial score (nSPS) is 14.3. The zero-order chi connectivity index (χ0) is 26.3. The highest BCUT2D eigenvalue weighted by molar-refractivity contribution is 5.98. The maximum Gasteiger partial charge on any atom is 0.417 e. The number of carbonyl (C=O) groups excluding carboxylic acids is 2. The Bertz CT molecular complexity index is 1480. The first kappa shape index (κ1) is 25.2. The van der Waals surface area contributed by atoms with Gasteiger partial charge in [0, 0.05) is 44.7 Å². The van der Waals surface area contributed by atoms with Crippen LogP contribution >= 0.6 is 0 Å². The summed E-state index contributed by atoms with van der Waals surface area (Å²) in [5, 5.41) is 0. The summed E-state index contributed by atoms with van der Waals surface area (Å²) in [6, 6.07) is 23.0. The number of ketones is 1. The number of aromatic nitrogens is 1. The number of carbonyl (C=O) groups is 2. The van der Waals surface area contributed by atoms with Crippen LogP contribution in [0.15, 0.2) is 82.0 Å². The summed E-state index contributed by atoms with van der Waals surface area (Å²) >= 11 is 0. The summed E-state index contributed by atoms with van der Waals surface area (Å²) in [6.45, 7) is 3.28. The van der Waals surface area contributed by atoms with Crippen molar-refractivity contribution in [3.05, 3.63) is 106 Å². The van der Waals surface area contributed by atoms with Crippen LogP contribution < -0.4 is 5.76 Å². The van der Waals surface area contributed by atoms with Gasteiger partial charge in [0.15, 0.2) is 11.4 Å². The van der Waals surface area contributed by atoms with E-state index in [1.54, 1.807) is 23.1 Å². The molecule has 0 unspecified atom stereocenters. The molecule has 1 saturated heterocycles. The maximum atomic E-state index is 12.6. The third kappa shape index (κ3) is 6.46. The Kier molecular flexibility index (Phi) is 7.80. The minimum atomic E-state index is -0.536. The number of benzene rings is 3. The van der Waals surface area contributed by atoms with Crippen molar-refractivity contribution in [1.29, 1.82) is 0 Å². The second-order valence-corrected chi connectivity index (χ2v) is 9.27. The number of oxazole rings is 1. The third-order valence-corrected chi connectivity index (χ3v) is 6.64. The van der Waals surface area contributed by atoms with Crippen molar-refractivity contribution in [2.24, 2.45) is 0 Å². The van der Waals surface area contributed by atoms with Crippen molar-refractivity contribution < 1.29 is 18.7 Å². The van der Waals surface area contributed by atoms with Crippen LogP contribution in [0.25, 0.3) is 23.3 Å². The average Bonchev–Trinajstić information content (AvgIpc) is 3.34. The molecule has 2 heterocycles. The van der Waals surface area contributed by atoms with Gasteiger partial charge in [-0.25, -0.2) is 9.59 Å². The van der Waals surface area contributed by atoms with Gasteiger partial charge in [-0.3, -0.25) is 14.7 Å². The molecule has 0 spiro atoms. The van der Waals surface area contributed by atoms with E-state index in [9.17, 15) is 14.4 Å². The Hall–Kier alpha value is -4.43. The van der Waals surface area contributed by atoms with Crippen LogP contribution in [0.2, 0.25) is 0 Å². The van der Waals surface area contributed by atoms with Gasteiger partial charge in [-0.05, 0) is 34.9 Å². The minimum absolute atomic E-state index is 0.0147. The number of hydrogen-bond acceptors (Lipinski definition) is 6. The molecule has 1 aromatic heterocycles. The highest BCUT2D eigenvalue weighted by atomic mass is 16.6. The van der Waals surface area contributed by atoms with Gasteiger partial charge >= 0.3 is 11.8 Å². The number of amides is 1. The predicted molar refractivity (Wildman–Crippen MR) is 146 cm³/mol. The van der Waals surface area contributed by atoms with Crippen molar-refractivity contribution in [3.8, 4) is 0 Å². The molecular weight excluding hydrogens is 482 g/mol. The molecule has 4 aromatic rings. The van der Waals surface area contributed by atoms with Crippen LogP contribution in [0.5, 0.6) is 0 Å². The average molecular weight is 512 g/mol. The maximum absolute atomic E-state index is 12.6. The second kappa shape index (κ2) is 11.7. The van der Waals surface area contributed by atoms with Gasteiger partial charge in [0.1, 0.15) is 6.61 Å². The van der Waals surface area contributed by atoms with Crippen LogP contribution in [0.4, 0.5) is 4.79 Å². The Morgan fingerprint density at radius 2 is 1.61 bits per heavy atom. The van der Waals surface area contributed by atoms with Crippen LogP contribution in [0.3, 0.4) is 0 Å². The topological polar surface area (TPSA) is 95.9 Å². The largest absolute Gasteiger partial charge is 0.445 e. The number of rotatable bonds is 8. The smallest absolute Gasteiger partial charge is 0.417 e. The molecule has 8 nitrogen and oxygen atoms in total. The Balaban J connectivity index is 1.03. The summed E-state index contributed by atoms with van der Waals surface area (Å²) < 4.78 is 10.6. The van der Waals surface area contributed by atoms with Gasteiger partial charge < -0.3 is 14.1 Å². The fourth-order valence-corrected chi connectivity index (χ4v) is 4.39. The molecule has 8 heteroatoms. The molecule has 38 heavy (non-hydrogen) atoms. The molecular formula is C30H29N3O5. The van der Waals surface area contributed by atoms with E-state index in [4.69, 9.17) is 9.15 Å². The van der Waals surface area contributed by atoms with Crippen molar-refractivity contribution in [2.45, 2.75) is 13.0 Å². The second-order valence-electron chi connectivity index (χ2n) is 9.27. The molecule has 3 aromatic carbocycles. The number of nitrogens with one attached hydrogen (secondary N) is 1. The minimum Gasteiger partial charge on any atom is -0.445 e. The lowest BCUT2D eigenvalue weighted by Crippen LogP contribution is -2.49. The number of nitrogens with zero attached hydrogens (tertiary/aromatic N) is 2. The molecule has 1 aliphatic heterocycles. The highest BCUT2D eigenvalue weighted by Crippen LogP contribution is 2.15. The van der Waals surface area contributed by atoms with Gasteiger partial charge in [0.05, 0.1) is 5.52 Å². The van der Waals surface area contributed by atoms with E-state index in [-0.39, 0.29) is 18.5 Å². The SMILES string of the molecule is O=C(CCN1CCN(C(=O)OCc2ccc(/C=C/c3ccccc3)cc2)CC1)c1ccc2[nH]c(=O)oc2c1. The number of hydrogen-bond donors (Lipinski definition) is 1. The molecule has 0 bridgehead atoms. The van der Waals surface area contributed by atoms with Gasteiger partial charge in [-0.2, -0.15) is 0 Å².